The van der Waals surface area contributed by atoms with Crippen molar-refractivity contribution in [3.8, 4) is 11.5 Å². The highest BCUT2D eigenvalue weighted by Crippen LogP contribution is 2.39. The summed E-state index contributed by atoms with van der Waals surface area (Å²) in [6, 6.07) is 12.0. The van der Waals surface area contributed by atoms with Gasteiger partial charge in [-0.3, -0.25) is 19.3 Å². The summed E-state index contributed by atoms with van der Waals surface area (Å²) in [6.45, 7) is 4.66. The SMILES string of the molecule is COc1cccc(C(=O)CN2C(=O)C(C)(C)Oc3ccc(C(=O)N4CCCCCC4)cc32)c1. The number of anilines is 1. The van der Waals surface area contributed by atoms with Crippen molar-refractivity contribution in [3.63, 3.8) is 0 Å². The number of hydrogen-bond acceptors (Lipinski definition) is 5. The standard InChI is InChI=1S/C26H30N2O5/c1-26(2)25(31)28(17-22(29)18-9-8-10-20(15-18)32-3)21-16-19(11-12-23(21)33-26)24(30)27-13-6-4-5-7-14-27/h8-12,15-16H,4-7,13-14,17H2,1-3H3. The molecule has 0 radical (unpaired) electrons. The maximum atomic E-state index is 13.3. The number of fused-ring (bicyclic) bond motifs is 1. The van der Waals surface area contributed by atoms with Gasteiger partial charge in [-0.1, -0.05) is 25.0 Å². The summed E-state index contributed by atoms with van der Waals surface area (Å²) in [5.74, 6) is 0.433. The van der Waals surface area contributed by atoms with E-state index >= 15 is 0 Å². The average Bonchev–Trinajstić information content (AvgIpc) is 3.10. The highest BCUT2D eigenvalue weighted by atomic mass is 16.5. The lowest BCUT2D eigenvalue weighted by molar-refractivity contribution is -0.132. The normalized spacial score (nSPS) is 17.6. The summed E-state index contributed by atoms with van der Waals surface area (Å²) in [7, 11) is 1.54. The third-order valence-corrected chi connectivity index (χ3v) is 6.21. The molecule has 0 unspecified atom stereocenters. The van der Waals surface area contributed by atoms with Crippen LogP contribution in [0.3, 0.4) is 0 Å². The van der Waals surface area contributed by atoms with E-state index in [1.807, 2.05) is 4.90 Å². The highest BCUT2D eigenvalue weighted by Gasteiger charge is 2.42. The third kappa shape index (κ3) is 4.72. The second kappa shape index (κ2) is 9.25. The van der Waals surface area contributed by atoms with E-state index in [2.05, 4.69) is 0 Å². The Labute approximate surface area is 194 Å². The zero-order valence-electron chi connectivity index (χ0n) is 19.4. The third-order valence-electron chi connectivity index (χ3n) is 6.21. The minimum absolute atomic E-state index is 0.0592. The van der Waals surface area contributed by atoms with Crippen molar-refractivity contribution in [1.29, 1.82) is 0 Å². The molecule has 7 nitrogen and oxygen atoms in total. The molecule has 2 aliphatic heterocycles. The van der Waals surface area contributed by atoms with Crippen LogP contribution in [0.4, 0.5) is 5.69 Å². The van der Waals surface area contributed by atoms with Gasteiger partial charge in [0.15, 0.2) is 11.4 Å². The maximum absolute atomic E-state index is 13.3. The lowest BCUT2D eigenvalue weighted by atomic mass is 10.0. The van der Waals surface area contributed by atoms with Gasteiger partial charge in [0.25, 0.3) is 11.8 Å². The van der Waals surface area contributed by atoms with Gasteiger partial charge < -0.3 is 14.4 Å². The number of Topliss-reactive ketones (excluding diaryl/α,β-unsaturated/α-hetero) is 1. The smallest absolute Gasteiger partial charge is 0.271 e. The fraction of sp³-hybridized carbons (Fsp3) is 0.423. The molecule has 174 valence electrons. The van der Waals surface area contributed by atoms with Gasteiger partial charge in [0.05, 0.1) is 19.3 Å². The fourth-order valence-electron chi connectivity index (χ4n) is 4.35. The predicted molar refractivity (Wildman–Crippen MR) is 125 cm³/mol. The van der Waals surface area contributed by atoms with Crippen molar-refractivity contribution < 1.29 is 23.9 Å². The molecule has 7 heteroatoms. The molecule has 2 amide bonds. The number of likely N-dealkylation sites (tertiary alicyclic amines) is 1. The fourth-order valence-corrected chi connectivity index (χ4v) is 4.35. The first-order chi connectivity index (χ1) is 15.8. The summed E-state index contributed by atoms with van der Waals surface area (Å²) in [5.41, 5.74) is 0.254. The van der Waals surface area contributed by atoms with E-state index in [-0.39, 0.29) is 24.1 Å². The minimum Gasteiger partial charge on any atom is -0.497 e. The Morgan fingerprint density at radius 2 is 1.73 bits per heavy atom. The number of carbonyl (C=O) groups excluding carboxylic acids is 3. The molecular formula is C26H30N2O5. The zero-order chi connectivity index (χ0) is 23.6. The number of hydrogen-bond donors (Lipinski definition) is 0. The number of methoxy groups -OCH3 is 1. The minimum atomic E-state index is -1.13. The molecule has 0 N–H and O–H groups in total. The van der Waals surface area contributed by atoms with Crippen molar-refractivity contribution >= 4 is 23.3 Å². The number of ether oxygens (including phenoxy) is 2. The molecule has 33 heavy (non-hydrogen) atoms. The first-order valence-corrected chi connectivity index (χ1v) is 11.4. The summed E-state index contributed by atoms with van der Waals surface area (Å²) < 4.78 is 11.2. The molecule has 2 aromatic rings. The van der Waals surface area contributed by atoms with Crippen LogP contribution in [-0.2, 0) is 4.79 Å². The molecule has 0 aromatic heterocycles. The lowest BCUT2D eigenvalue weighted by Gasteiger charge is -2.38. The van der Waals surface area contributed by atoms with Gasteiger partial charge in [0.2, 0.25) is 0 Å². The summed E-state index contributed by atoms with van der Waals surface area (Å²) in [5, 5.41) is 0. The van der Waals surface area contributed by atoms with Crippen LogP contribution in [0, 0.1) is 0 Å². The van der Waals surface area contributed by atoms with Crippen molar-refractivity contribution in [2.45, 2.75) is 45.1 Å². The van der Waals surface area contributed by atoms with Gasteiger partial charge in [0, 0.05) is 24.2 Å². The summed E-state index contributed by atoms with van der Waals surface area (Å²) in [4.78, 5) is 42.8. The Morgan fingerprint density at radius 3 is 2.42 bits per heavy atom. The number of rotatable bonds is 5. The van der Waals surface area contributed by atoms with Crippen LogP contribution >= 0.6 is 0 Å². The summed E-state index contributed by atoms with van der Waals surface area (Å²) in [6.07, 6.45) is 4.25. The van der Waals surface area contributed by atoms with Crippen molar-refractivity contribution in [1.82, 2.24) is 4.90 Å². The molecule has 0 atom stereocenters. The van der Waals surface area contributed by atoms with E-state index < -0.39 is 5.60 Å². The van der Waals surface area contributed by atoms with Crippen LogP contribution in [0.1, 0.15) is 60.2 Å². The van der Waals surface area contributed by atoms with Crippen LogP contribution in [0.25, 0.3) is 0 Å². The molecule has 0 spiro atoms. The maximum Gasteiger partial charge on any atom is 0.271 e. The molecular weight excluding hydrogens is 420 g/mol. The Balaban J connectivity index is 1.66. The summed E-state index contributed by atoms with van der Waals surface area (Å²) >= 11 is 0. The Kier molecular flexibility index (Phi) is 6.40. The van der Waals surface area contributed by atoms with Crippen molar-refractivity contribution in [3.05, 3.63) is 53.6 Å². The average molecular weight is 451 g/mol. The Bertz CT molecular complexity index is 1070. The van der Waals surface area contributed by atoms with Crippen molar-refractivity contribution in [2.75, 3.05) is 31.6 Å². The molecule has 1 fully saturated rings. The topological polar surface area (TPSA) is 76.1 Å². The monoisotopic (exact) mass is 450 g/mol. The quantitative estimate of drug-likeness (QED) is 0.641. The second-order valence-corrected chi connectivity index (χ2v) is 9.05. The molecule has 4 rings (SSSR count). The van der Waals surface area contributed by atoms with Crippen LogP contribution in [0.5, 0.6) is 11.5 Å². The largest absolute Gasteiger partial charge is 0.497 e. The molecule has 1 saturated heterocycles. The molecule has 2 heterocycles. The van der Waals surface area contributed by atoms with Gasteiger partial charge in [-0.05, 0) is 57.0 Å². The van der Waals surface area contributed by atoms with Crippen LogP contribution < -0.4 is 14.4 Å². The number of ketones is 1. The van der Waals surface area contributed by atoms with Gasteiger partial charge in [-0.25, -0.2) is 0 Å². The number of amides is 2. The Morgan fingerprint density at radius 1 is 1.00 bits per heavy atom. The van der Waals surface area contributed by atoms with Crippen LogP contribution in [-0.4, -0.2) is 54.8 Å². The van der Waals surface area contributed by atoms with E-state index in [1.165, 1.54) is 12.0 Å². The van der Waals surface area contributed by atoms with E-state index in [0.717, 1.165) is 38.8 Å². The zero-order valence-corrected chi connectivity index (χ0v) is 19.4. The highest BCUT2D eigenvalue weighted by molar-refractivity contribution is 6.10. The first kappa shape index (κ1) is 22.8. The second-order valence-electron chi connectivity index (χ2n) is 9.05. The van der Waals surface area contributed by atoms with Gasteiger partial charge in [-0.2, -0.15) is 0 Å². The molecule has 0 aliphatic carbocycles. The van der Waals surface area contributed by atoms with Gasteiger partial charge in [-0.15, -0.1) is 0 Å². The molecule has 0 bridgehead atoms. The number of benzene rings is 2. The van der Waals surface area contributed by atoms with Crippen molar-refractivity contribution in [2.24, 2.45) is 0 Å². The number of carbonyl (C=O) groups is 3. The number of nitrogens with zero attached hydrogens (tertiary/aromatic N) is 2. The predicted octanol–water partition coefficient (Wildman–Crippen LogP) is 4.10. The van der Waals surface area contributed by atoms with Gasteiger partial charge in [0.1, 0.15) is 11.5 Å². The Hall–Kier alpha value is -3.35. The molecule has 2 aromatic carbocycles. The van der Waals surface area contributed by atoms with Gasteiger partial charge >= 0.3 is 0 Å². The lowest BCUT2D eigenvalue weighted by Crippen LogP contribution is -2.54. The van der Waals surface area contributed by atoms with E-state index in [9.17, 15) is 14.4 Å². The molecule has 2 aliphatic rings. The van der Waals surface area contributed by atoms with Crippen LogP contribution in [0.15, 0.2) is 42.5 Å². The first-order valence-electron chi connectivity index (χ1n) is 11.4. The van der Waals surface area contributed by atoms with E-state index in [1.54, 1.807) is 56.3 Å². The van der Waals surface area contributed by atoms with E-state index in [0.29, 0.717) is 28.3 Å². The van der Waals surface area contributed by atoms with E-state index in [4.69, 9.17) is 9.47 Å². The molecule has 0 saturated carbocycles. The van der Waals surface area contributed by atoms with Crippen LogP contribution in [0.2, 0.25) is 0 Å².